The quantitative estimate of drug-likeness (QED) is 0.308. The van der Waals surface area contributed by atoms with Crippen LogP contribution in [-0.2, 0) is 0 Å². The monoisotopic (exact) mass is 540 g/mol. The summed E-state index contributed by atoms with van der Waals surface area (Å²) in [6, 6.07) is 4.19. The molecule has 40 heavy (non-hydrogen) atoms. The number of rotatable bonds is 4. The second-order valence-electron chi connectivity index (χ2n) is 12.8. The van der Waals surface area contributed by atoms with E-state index in [1.54, 1.807) is 0 Å². The normalized spacial score (nSPS) is 17.0. The molecule has 3 aromatic rings. The predicted molar refractivity (Wildman–Crippen MR) is 167 cm³/mol. The summed E-state index contributed by atoms with van der Waals surface area (Å²) in [4.78, 5) is 0. The molecule has 0 aromatic heterocycles. The molecule has 3 heteroatoms. The van der Waals surface area contributed by atoms with E-state index >= 15 is 0 Å². The lowest BCUT2D eigenvalue weighted by Gasteiger charge is -2.30. The lowest BCUT2D eigenvalue weighted by molar-refractivity contribution is 0.410. The van der Waals surface area contributed by atoms with Crippen molar-refractivity contribution in [2.75, 3.05) is 0 Å². The van der Waals surface area contributed by atoms with Gasteiger partial charge in [-0.25, -0.2) is 0 Å². The Kier molecular flexibility index (Phi) is 7.97. The largest absolute Gasteiger partial charge is 0.507 e. The number of aromatic hydroxyl groups is 3. The van der Waals surface area contributed by atoms with E-state index in [4.69, 9.17) is 0 Å². The molecule has 0 atom stereocenters. The van der Waals surface area contributed by atoms with Crippen LogP contribution in [0.3, 0.4) is 0 Å². The van der Waals surface area contributed by atoms with Crippen molar-refractivity contribution in [3.63, 3.8) is 0 Å². The van der Waals surface area contributed by atoms with Gasteiger partial charge in [-0.2, -0.15) is 0 Å². The van der Waals surface area contributed by atoms with Crippen molar-refractivity contribution in [3.05, 3.63) is 62.2 Å². The summed E-state index contributed by atoms with van der Waals surface area (Å²) >= 11 is 0. The summed E-state index contributed by atoms with van der Waals surface area (Å²) in [6.45, 7) is 14.5. The van der Waals surface area contributed by atoms with Gasteiger partial charge in [0.2, 0.25) is 0 Å². The minimum atomic E-state index is 0.312. The molecule has 0 heterocycles. The fraction of sp³-hybridized carbons (Fsp3) is 0.514. The van der Waals surface area contributed by atoms with Crippen LogP contribution in [0, 0.1) is 48.5 Å². The smallest absolute Gasteiger partial charge is 0.126 e. The Labute approximate surface area is 241 Å². The Bertz CT molecular complexity index is 1450. The first-order chi connectivity index (χ1) is 19.1. The standard InChI is InChI=1S/C37H48O3/c1-20-18-19-29(30-21(2)23(4)36(39)32(25(30)6)27-14-10-8-11-15-27)34(35(20)38)31-22(3)24(5)37(40)33(26(31)7)28-16-12-9-13-17-28/h18-19,27-28,38-40H,8-17H2,1-7H3. The van der Waals surface area contributed by atoms with Crippen LogP contribution in [0.4, 0.5) is 0 Å². The number of hydrogen-bond donors (Lipinski definition) is 3. The minimum absolute atomic E-state index is 0.312. The third kappa shape index (κ3) is 4.60. The van der Waals surface area contributed by atoms with Gasteiger partial charge in [-0.15, -0.1) is 0 Å². The van der Waals surface area contributed by atoms with Crippen molar-refractivity contribution < 1.29 is 15.3 Å². The van der Waals surface area contributed by atoms with Gasteiger partial charge < -0.3 is 15.3 Å². The highest BCUT2D eigenvalue weighted by Crippen LogP contribution is 2.53. The molecule has 0 bridgehead atoms. The van der Waals surface area contributed by atoms with Crippen LogP contribution in [0.25, 0.3) is 22.3 Å². The Morgan fingerprint density at radius 2 is 0.875 bits per heavy atom. The summed E-state index contributed by atoms with van der Waals surface area (Å²) < 4.78 is 0. The van der Waals surface area contributed by atoms with Crippen molar-refractivity contribution in [1.29, 1.82) is 0 Å². The molecule has 2 saturated carbocycles. The first-order valence-corrected chi connectivity index (χ1v) is 15.5. The highest BCUT2D eigenvalue weighted by Gasteiger charge is 2.31. The predicted octanol–water partition coefficient (Wildman–Crippen LogP) is 10.4. The van der Waals surface area contributed by atoms with Crippen molar-refractivity contribution in [1.82, 2.24) is 0 Å². The van der Waals surface area contributed by atoms with Crippen molar-refractivity contribution in [2.45, 2.75) is 125 Å². The van der Waals surface area contributed by atoms with Crippen LogP contribution in [-0.4, -0.2) is 15.3 Å². The number of phenolic OH excluding ortho intramolecular Hbond substituents is 3. The Morgan fingerprint density at radius 3 is 1.35 bits per heavy atom. The van der Waals surface area contributed by atoms with Gasteiger partial charge in [0.15, 0.2) is 0 Å². The molecular formula is C37H48O3. The van der Waals surface area contributed by atoms with E-state index in [0.717, 1.165) is 98.0 Å². The third-order valence-electron chi connectivity index (χ3n) is 10.6. The second kappa shape index (κ2) is 11.1. The van der Waals surface area contributed by atoms with E-state index in [0.29, 0.717) is 29.1 Å². The van der Waals surface area contributed by atoms with Gasteiger partial charge in [-0.3, -0.25) is 0 Å². The Hall–Kier alpha value is -2.94. The van der Waals surface area contributed by atoms with Gasteiger partial charge in [0, 0.05) is 16.7 Å². The van der Waals surface area contributed by atoms with Crippen LogP contribution in [0.1, 0.15) is 126 Å². The first-order valence-electron chi connectivity index (χ1n) is 15.5. The molecule has 0 amide bonds. The van der Waals surface area contributed by atoms with Crippen LogP contribution in [0.2, 0.25) is 0 Å². The number of phenols is 3. The van der Waals surface area contributed by atoms with Crippen LogP contribution >= 0.6 is 0 Å². The SMILES string of the molecule is Cc1ccc(-c2c(C)c(C)c(O)c(C3CCCCC3)c2C)c(-c2c(C)c(C)c(O)c(C3CCCCC3)c2C)c1O. The Balaban J connectivity index is 1.84. The molecule has 2 aliphatic carbocycles. The van der Waals surface area contributed by atoms with Crippen LogP contribution in [0.15, 0.2) is 12.1 Å². The summed E-state index contributed by atoms with van der Waals surface area (Å²) in [6.07, 6.45) is 11.8. The van der Waals surface area contributed by atoms with Crippen LogP contribution in [0.5, 0.6) is 17.2 Å². The molecule has 3 N–H and O–H groups in total. The maximum absolute atomic E-state index is 11.8. The number of benzene rings is 3. The molecule has 0 spiro atoms. The van der Waals surface area contributed by atoms with E-state index in [2.05, 4.69) is 33.8 Å². The summed E-state index contributed by atoms with van der Waals surface area (Å²) in [5.74, 6) is 1.92. The summed E-state index contributed by atoms with van der Waals surface area (Å²) in [7, 11) is 0. The number of hydrogen-bond acceptors (Lipinski definition) is 3. The zero-order valence-corrected chi connectivity index (χ0v) is 25.7. The third-order valence-corrected chi connectivity index (χ3v) is 10.6. The molecule has 0 radical (unpaired) electrons. The molecule has 3 aromatic carbocycles. The Morgan fingerprint density at radius 1 is 0.450 bits per heavy atom. The lowest BCUT2D eigenvalue weighted by atomic mass is 9.75. The van der Waals surface area contributed by atoms with Gasteiger partial charge >= 0.3 is 0 Å². The number of aryl methyl sites for hydroxylation is 1. The van der Waals surface area contributed by atoms with E-state index in [1.165, 1.54) is 38.5 Å². The maximum Gasteiger partial charge on any atom is 0.126 e. The second-order valence-corrected chi connectivity index (χ2v) is 12.8. The zero-order valence-electron chi connectivity index (χ0n) is 25.7. The van der Waals surface area contributed by atoms with Crippen molar-refractivity contribution >= 4 is 0 Å². The first kappa shape index (κ1) is 28.6. The highest BCUT2D eigenvalue weighted by molar-refractivity contribution is 5.94. The molecule has 0 unspecified atom stereocenters. The highest BCUT2D eigenvalue weighted by atomic mass is 16.3. The summed E-state index contributed by atoms with van der Waals surface area (Å²) in [5, 5.41) is 34.7. The van der Waals surface area contributed by atoms with E-state index in [1.807, 2.05) is 26.8 Å². The topological polar surface area (TPSA) is 60.7 Å². The van der Waals surface area contributed by atoms with Gasteiger partial charge in [0.25, 0.3) is 0 Å². The lowest BCUT2D eigenvalue weighted by Crippen LogP contribution is -2.11. The molecule has 214 valence electrons. The van der Waals surface area contributed by atoms with Crippen molar-refractivity contribution in [2.24, 2.45) is 0 Å². The van der Waals surface area contributed by atoms with Gasteiger partial charge in [-0.1, -0.05) is 50.7 Å². The van der Waals surface area contributed by atoms with Gasteiger partial charge in [0.1, 0.15) is 17.2 Å². The van der Waals surface area contributed by atoms with Gasteiger partial charge in [0.05, 0.1) is 0 Å². The molecule has 2 fully saturated rings. The molecule has 2 aliphatic rings. The fourth-order valence-electron chi connectivity index (χ4n) is 8.04. The maximum atomic E-state index is 11.8. The van der Waals surface area contributed by atoms with Crippen molar-refractivity contribution in [3.8, 4) is 39.5 Å². The average molecular weight is 541 g/mol. The van der Waals surface area contributed by atoms with E-state index in [-0.39, 0.29) is 0 Å². The average Bonchev–Trinajstić information content (AvgIpc) is 2.95. The van der Waals surface area contributed by atoms with Crippen LogP contribution < -0.4 is 0 Å². The summed E-state index contributed by atoms with van der Waals surface area (Å²) in [5.41, 5.74) is 13.2. The fourth-order valence-corrected chi connectivity index (χ4v) is 8.04. The molecule has 0 aliphatic heterocycles. The molecule has 0 saturated heterocycles. The molecule has 5 rings (SSSR count). The molecular weight excluding hydrogens is 492 g/mol. The molecule has 3 nitrogen and oxygen atoms in total. The van der Waals surface area contributed by atoms with E-state index < -0.39 is 0 Å². The minimum Gasteiger partial charge on any atom is -0.507 e. The van der Waals surface area contributed by atoms with Gasteiger partial charge in [-0.05, 0) is 142 Å². The van der Waals surface area contributed by atoms with E-state index in [9.17, 15) is 15.3 Å². The zero-order chi connectivity index (χ0) is 28.9.